The summed E-state index contributed by atoms with van der Waals surface area (Å²) in [7, 11) is 5.53. The second-order valence-corrected chi connectivity index (χ2v) is 10.0. The summed E-state index contributed by atoms with van der Waals surface area (Å²) in [4.78, 5) is 33.9. The van der Waals surface area contributed by atoms with E-state index in [1.165, 1.54) is 11.3 Å². The van der Waals surface area contributed by atoms with E-state index in [0.29, 0.717) is 26.4 Å². The molecule has 182 valence electrons. The van der Waals surface area contributed by atoms with Crippen molar-refractivity contribution < 1.29 is 14.3 Å². The van der Waals surface area contributed by atoms with E-state index in [4.69, 9.17) is 9.47 Å². The van der Waals surface area contributed by atoms with Gasteiger partial charge in [-0.25, -0.2) is 9.79 Å². The number of nitrogens with zero attached hydrogens (tertiary/aromatic N) is 3. The van der Waals surface area contributed by atoms with Gasteiger partial charge in [0.25, 0.3) is 5.56 Å². The fraction of sp³-hybridized carbons (Fsp3) is 0.269. The van der Waals surface area contributed by atoms with Crippen LogP contribution in [0.5, 0.6) is 5.75 Å². The molecule has 9 heteroatoms. The highest BCUT2D eigenvalue weighted by molar-refractivity contribution is 9.10. The molecule has 0 aliphatic carbocycles. The van der Waals surface area contributed by atoms with Crippen LogP contribution in [0.15, 0.2) is 68.0 Å². The van der Waals surface area contributed by atoms with Crippen molar-refractivity contribution in [3.8, 4) is 5.75 Å². The predicted molar refractivity (Wildman–Crippen MR) is 142 cm³/mol. The molecule has 7 nitrogen and oxygen atoms in total. The summed E-state index contributed by atoms with van der Waals surface area (Å²) in [6.45, 7) is 3.75. The number of ether oxygens (including phenoxy) is 2. The van der Waals surface area contributed by atoms with E-state index < -0.39 is 12.0 Å². The van der Waals surface area contributed by atoms with Gasteiger partial charge in [0.1, 0.15) is 5.75 Å². The predicted octanol–water partition coefficient (Wildman–Crippen LogP) is 3.64. The number of thiazole rings is 1. The second-order valence-electron chi connectivity index (χ2n) is 8.18. The zero-order valence-electron chi connectivity index (χ0n) is 20.2. The van der Waals surface area contributed by atoms with E-state index in [1.807, 2.05) is 67.5 Å². The van der Waals surface area contributed by atoms with Crippen LogP contribution in [0.4, 0.5) is 5.69 Å². The van der Waals surface area contributed by atoms with Crippen LogP contribution in [0.1, 0.15) is 31.0 Å². The number of halogens is 1. The highest BCUT2D eigenvalue weighted by Crippen LogP contribution is 2.32. The molecule has 2 aromatic carbocycles. The Labute approximate surface area is 215 Å². The lowest BCUT2D eigenvalue weighted by Crippen LogP contribution is -2.39. The monoisotopic (exact) mass is 555 g/mol. The van der Waals surface area contributed by atoms with Gasteiger partial charge in [-0.3, -0.25) is 9.36 Å². The first kappa shape index (κ1) is 24.9. The Morgan fingerprint density at radius 3 is 2.69 bits per heavy atom. The largest absolute Gasteiger partial charge is 0.497 e. The molecule has 0 saturated carbocycles. The molecule has 1 aliphatic rings. The number of benzene rings is 2. The van der Waals surface area contributed by atoms with Crippen molar-refractivity contribution in [2.45, 2.75) is 19.9 Å². The molecule has 0 saturated heterocycles. The van der Waals surface area contributed by atoms with Gasteiger partial charge in [-0.1, -0.05) is 29.5 Å². The van der Waals surface area contributed by atoms with Crippen molar-refractivity contribution in [1.82, 2.24) is 4.57 Å². The minimum Gasteiger partial charge on any atom is -0.497 e. The number of esters is 1. The molecule has 35 heavy (non-hydrogen) atoms. The molecule has 4 rings (SSSR count). The summed E-state index contributed by atoms with van der Waals surface area (Å²) in [5.74, 6) is 0.146. The Morgan fingerprint density at radius 2 is 2.03 bits per heavy atom. The number of aromatic nitrogens is 1. The van der Waals surface area contributed by atoms with E-state index in [0.717, 1.165) is 21.3 Å². The number of rotatable bonds is 6. The summed E-state index contributed by atoms with van der Waals surface area (Å²) in [6, 6.07) is 12.6. The zero-order valence-corrected chi connectivity index (χ0v) is 22.6. The molecule has 0 N–H and O–H groups in total. The normalized spacial score (nSPS) is 15.5. The molecule has 0 amide bonds. The molecular weight excluding hydrogens is 530 g/mol. The van der Waals surface area contributed by atoms with Gasteiger partial charge >= 0.3 is 5.97 Å². The number of carbonyl (C=O) groups is 1. The van der Waals surface area contributed by atoms with Gasteiger partial charge in [0.2, 0.25) is 0 Å². The molecule has 0 unspecified atom stereocenters. The van der Waals surface area contributed by atoms with Crippen molar-refractivity contribution in [1.29, 1.82) is 0 Å². The smallest absolute Gasteiger partial charge is 0.338 e. The summed E-state index contributed by atoms with van der Waals surface area (Å²) < 4.78 is 13.8. The van der Waals surface area contributed by atoms with Gasteiger partial charge < -0.3 is 14.4 Å². The van der Waals surface area contributed by atoms with E-state index in [1.54, 1.807) is 25.5 Å². The van der Waals surface area contributed by atoms with Crippen LogP contribution in [0.25, 0.3) is 6.08 Å². The van der Waals surface area contributed by atoms with Gasteiger partial charge in [-0.15, -0.1) is 0 Å². The molecule has 1 aromatic heterocycles. The van der Waals surface area contributed by atoms with Crippen molar-refractivity contribution in [3.63, 3.8) is 0 Å². The fourth-order valence-corrected chi connectivity index (χ4v) is 5.84. The maximum atomic E-state index is 13.7. The van der Waals surface area contributed by atoms with E-state index in [-0.39, 0.29) is 12.2 Å². The highest BCUT2D eigenvalue weighted by atomic mass is 79.9. The van der Waals surface area contributed by atoms with Crippen LogP contribution in [0.3, 0.4) is 0 Å². The molecule has 0 spiro atoms. The molecule has 0 radical (unpaired) electrons. The topological polar surface area (TPSA) is 73.1 Å². The van der Waals surface area contributed by atoms with Crippen LogP contribution in [0.2, 0.25) is 0 Å². The number of hydrogen-bond acceptors (Lipinski definition) is 7. The number of fused-ring (bicyclic) bond motifs is 1. The van der Waals surface area contributed by atoms with E-state index in [9.17, 15) is 9.59 Å². The van der Waals surface area contributed by atoms with E-state index >= 15 is 0 Å². The average Bonchev–Trinajstić information content (AvgIpc) is 3.12. The Hall–Kier alpha value is -3.17. The second kappa shape index (κ2) is 10.2. The van der Waals surface area contributed by atoms with Crippen molar-refractivity contribution in [3.05, 3.63) is 89.0 Å². The average molecular weight is 556 g/mol. The molecule has 0 fully saturated rings. The third-order valence-corrected chi connectivity index (χ3v) is 7.30. The van der Waals surface area contributed by atoms with Crippen LogP contribution >= 0.6 is 27.3 Å². The lowest BCUT2D eigenvalue weighted by molar-refractivity contribution is -0.139. The number of hydrogen-bond donors (Lipinski definition) is 0. The molecule has 2 heterocycles. The van der Waals surface area contributed by atoms with Gasteiger partial charge in [0.15, 0.2) is 4.80 Å². The fourth-order valence-electron chi connectivity index (χ4n) is 4.05. The van der Waals surface area contributed by atoms with Crippen molar-refractivity contribution in [2.75, 3.05) is 32.7 Å². The van der Waals surface area contributed by atoms with Crippen molar-refractivity contribution in [2.24, 2.45) is 4.99 Å². The Balaban J connectivity index is 1.93. The number of allylic oxidation sites excluding steroid dienone is 1. The quantitative estimate of drug-likeness (QED) is 0.434. The number of methoxy groups -OCH3 is 1. The summed E-state index contributed by atoms with van der Waals surface area (Å²) in [5, 5.41) is 0. The number of anilines is 1. The SMILES string of the molecule is CCOC(=O)C1=C(C)N=c2s/c(=C/c3ccc(N(C)C)c(Br)c3)c(=O)n2[C@@H]1c1cccc(OC)c1. The van der Waals surface area contributed by atoms with Crippen LogP contribution in [-0.4, -0.2) is 38.3 Å². The summed E-state index contributed by atoms with van der Waals surface area (Å²) in [5.41, 5.74) is 3.32. The van der Waals surface area contributed by atoms with Crippen LogP contribution < -0.4 is 24.5 Å². The van der Waals surface area contributed by atoms with Crippen molar-refractivity contribution >= 4 is 45.0 Å². The highest BCUT2D eigenvalue weighted by Gasteiger charge is 2.33. The van der Waals surface area contributed by atoms with E-state index in [2.05, 4.69) is 20.9 Å². The molecular formula is C26H26BrN3O4S. The summed E-state index contributed by atoms with van der Waals surface area (Å²) in [6.07, 6.45) is 1.85. The Bertz CT molecular complexity index is 1500. The first-order valence-corrected chi connectivity index (χ1v) is 12.7. The molecule has 1 atom stereocenters. The molecule has 1 aliphatic heterocycles. The van der Waals surface area contributed by atoms with Gasteiger partial charge in [0.05, 0.1) is 41.2 Å². The van der Waals surface area contributed by atoms with Gasteiger partial charge in [-0.05, 0) is 71.2 Å². The maximum absolute atomic E-state index is 13.7. The first-order chi connectivity index (χ1) is 16.7. The Morgan fingerprint density at radius 1 is 1.26 bits per heavy atom. The maximum Gasteiger partial charge on any atom is 0.338 e. The summed E-state index contributed by atoms with van der Waals surface area (Å²) >= 11 is 4.90. The minimum absolute atomic E-state index is 0.219. The molecule has 3 aromatic rings. The Kier molecular flexibility index (Phi) is 7.28. The van der Waals surface area contributed by atoms with Crippen LogP contribution in [0, 0.1) is 0 Å². The zero-order chi connectivity index (χ0) is 25.3. The first-order valence-electron chi connectivity index (χ1n) is 11.1. The van der Waals surface area contributed by atoms with Crippen LogP contribution in [-0.2, 0) is 9.53 Å². The lowest BCUT2D eigenvalue weighted by atomic mass is 9.95. The number of carbonyl (C=O) groups excluding carboxylic acids is 1. The van der Waals surface area contributed by atoms with Gasteiger partial charge in [0, 0.05) is 18.6 Å². The lowest BCUT2D eigenvalue weighted by Gasteiger charge is -2.25. The van der Waals surface area contributed by atoms with Gasteiger partial charge in [-0.2, -0.15) is 0 Å². The standard InChI is InChI=1S/C26H26BrN3O4S/c1-6-34-25(32)22-15(2)28-26-30(23(22)17-8-7-9-18(14-17)33-5)24(31)21(35-26)13-16-10-11-20(29(3)4)19(27)12-16/h7-14,23H,6H2,1-5H3/b21-13+/t23-/m1/s1. The minimum atomic E-state index is -0.676. The molecule has 0 bridgehead atoms. The third-order valence-electron chi connectivity index (χ3n) is 5.68. The third kappa shape index (κ3) is 4.83.